The Morgan fingerprint density at radius 1 is 0.857 bits per heavy atom. The summed E-state index contributed by atoms with van der Waals surface area (Å²) >= 11 is 5.92. The second kappa shape index (κ2) is 7.70. The number of hydrogen-bond donors (Lipinski definition) is 0. The minimum absolute atomic E-state index is 0.394. The monoisotopic (exact) mass is 393 g/mol. The first-order chi connectivity index (χ1) is 13.7. The van der Waals surface area contributed by atoms with Crippen molar-refractivity contribution in [1.82, 2.24) is 15.1 Å². The molecule has 0 radical (unpaired) electrons. The molecule has 6 nitrogen and oxygen atoms in total. The van der Waals surface area contributed by atoms with Gasteiger partial charge in [-0.1, -0.05) is 28.9 Å². The lowest BCUT2D eigenvalue weighted by Gasteiger charge is -2.08. The number of halogens is 1. The van der Waals surface area contributed by atoms with Crippen molar-refractivity contribution in [3.8, 4) is 45.7 Å². The molecule has 0 amide bonds. The Balaban J connectivity index is 1.69. The maximum absolute atomic E-state index is 5.92. The Morgan fingerprint density at radius 2 is 1.68 bits per heavy atom. The smallest absolute Gasteiger partial charge is 0.258 e. The third-order valence-electron chi connectivity index (χ3n) is 4.18. The fourth-order valence-corrected chi connectivity index (χ4v) is 2.88. The molecule has 0 aliphatic heterocycles. The first-order valence-electron chi connectivity index (χ1n) is 8.47. The number of pyridine rings is 1. The summed E-state index contributed by atoms with van der Waals surface area (Å²) in [5, 5.41) is 4.71. The molecule has 2 aromatic carbocycles. The molecule has 2 heterocycles. The van der Waals surface area contributed by atoms with E-state index in [1.54, 1.807) is 26.4 Å². The lowest BCUT2D eigenvalue weighted by molar-refractivity contribution is 0.398. The normalized spacial score (nSPS) is 10.7. The van der Waals surface area contributed by atoms with E-state index in [2.05, 4.69) is 15.1 Å². The van der Waals surface area contributed by atoms with Crippen molar-refractivity contribution in [2.24, 2.45) is 0 Å². The lowest BCUT2D eigenvalue weighted by Crippen LogP contribution is -1.95. The molecule has 0 aliphatic carbocycles. The second-order valence-corrected chi connectivity index (χ2v) is 6.35. The zero-order chi connectivity index (χ0) is 19.5. The summed E-state index contributed by atoms with van der Waals surface area (Å²) in [6.07, 6.45) is 0. The molecule has 140 valence electrons. The molecule has 0 fully saturated rings. The van der Waals surface area contributed by atoms with Crippen LogP contribution in [0.2, 0.25) is 5.02 Å². The van der Waals surface area contributed by atoms with Crippen molar-refractivity contribution >= 4 is 11.6 Å². The third kappa shape index (κ3) is 3.54. The van der Waals surface area contributed by atoms with Gasteiger partial charge >= 0.3 is 0 Å². The van der Waals surface area contributed by atoms with Gasteiger partial charge in [0, 0.05) is 16.1 Å². The van der Waals surface area contributed by atoms with Crippen molar-refractivity contribution in [3.63, 3.8) is 0 Å². The Morgan fingerprint density at radius 3 is 2.43 bits per heavy atom. The van der Waals surface area contributed by atoms with Gasteiger partial charge in [0.15, 0.2) is 0 Å². The van der Waals surface area contributed by atoms with Crippen LogP contribution in [-0.4, -0.2) is 29.3 Å². The van der Waals surface area contributed by atoms with Gasteiger partial charge in [-0.25, -0.2) is 4.98 Å². The van der Waals surface area contributed by atoms with E-state index in [0.717, 1.165) is 22.6 Å². The average molecular weight is 394 g/mol. The van der Waals surface area contributed by atoms with E-state index in [0.29, 0.717) is 28.2 Å². The van der Waals surface area contributed by atoms with Crippen LogP contribution in [0, 0.1) is 0 Å². The molecule has 0 saturated heterocycles. The highest BCUT2D eigenvalue weighted by molar-refractivity contribution is 6.30. The number of benzene rings is 2. The Bertz CT molecular complexity index is 1110. The average Bonchev–Trinajstić information content (AvgIpc) is 3.24. The van der Waals surface area contributed by atoms with Gasteiger partial charge in [-0.2, -0.15) is 4.98 Å². The molecule has 0 spiro atoms. The summed E-state index contributed by atoms with van der Waals surface area (Å²) in [7, 11) is 3.19. The predicted molar refractivity (Wildman–Crippen MR) is 107 cm³/mol. The van der Waals surface area contributed by atoms with Gasteiger partial charge in [0.05, 0.1) is 25.5 Å². The van der Waals surface area contributed by atoms with Crippen LogP contribution in [0.5, 0.6) is 11.6 Å². The molecule has 0 atom stereocenters. The Labute approximate surface area is 166 Å². The predicted octanol–water partition coefficient (Wildman–Crippen LogP) is 5.14. The van der Waals surface area contributed by atoms with E-state index in [1.807, 2.05) is 48.5 Å². The topological polar surface area (TPSA) is 70.3 Å². The first kappa shape index (κ1) is 18.0. The third-order valence-corrected chi connectivity index (χ3v) is 4.43. The van der Waals surface area contributed by atoms with Crippen LogP contribution < -0.4 is 9.47 Å². The summed E-state index contributed by atoms with van der Waals surface area (Å²) < 4.78 is 16.1. The molecule has 2 aromatic heterocycles. The number of rotatable bonds is 5. The number of ether oxygens (including phenoxy) is 2. The number of aromatic nitrogens is 3. The maximum atomic E-state index is 5.92. The van der Waals surface area contributed by atoms with Crippen molar-refractivity contribution in [2.75, 3.05) is 14.2 Å². The van der Waals surface area contributed by atoms with Crippen molar-refractivity contribution < 1.29 is 14.0 Å². The zero-order valence-corrected chi connectivity index (χ0v) is 16.0. The fraction of sp³-hybridized carbons (Fsp3) is 0.0952. The molecule has 28 heavy (non-hydrogen) atoms. The Hall–Kier alpha value is -3.38. The summed E-state index contributed by atoms with van der Waals surface area (Å²) in [5.74, 6) is 1.95. The van der Waals surface area contributed by atoms with Gasteiger partial charge in [0.2, 0.25) is 11.7 Å². The quantitative estimate of drug-likeness (QED) is 0.467. The van der Waals surface area contributed by atoms with Gasteiger partial charge in [0.25, 0.3) is 5.89 Å². The number of hydrogen-bond acceptors (Lipinski definition) is 6. The summed E-state index contributed by atoms with van der Waals surface area (Å²) in [6.45, 7) is 0. The minimum atomic E-state index is 0.394. The van der Waals surface area contributed by atoms with Crippen LogP contribution >= 0.6 is 11.6 Å². The van der Waals surface area contributed by atoms with Crippen LogP contribution in [0.1, 0.15) is 0 Å². The summed E-state index contributed by atoms with van der Waals surface area (Å²) in [4.78, 5) is 9.05. The largest absolute Gasteiger partial charge is 0.497 e. The molecule has 0 bridgehead atoms. The highest BCUT2D eigenvalue weighted by Gasteiger charge is 2.17. The van der Waals surface area contributed by atoms with Crippen molar-refractivity contribution in [3.05, 3.63) is 65.7 Å². The second-order valence-electron chi connectivity index (χ2n) is 5.92. The molecule has 0 saturated carbocycles. The van der Waals surface area contributed by atoms with E-state index in [1.165, 1.54) is 0 Å². The van der Waals surface area contributed by atoms with Gasteiger partial charge in [-0.3, -0.25) is 0 Å². The molecule has 0 N–H and O–H groups in total. The van der Waals surface area contributed by atoms with Crippen LogP contribution in [0.15, 0.2) is 65.2 Å². The van der Waals surface area contributed by atoms with Gasteiger partial charge < -0.3 is 14.0 Å². The molecule has 0 unspecified atom stereocenters. The van der Waals surface area contributed by atoms with E-state index in [4.69, 9.17) is 25.6 Å². The van der Waals surface area contributed by atoms with Crippen LogP contribution in [-0.2, 0) is 0 Å². The van der Waals surface area contributed by atoms with Crippen LogP contribution in [0.4, 0.5) is 0 Å². The van der Waals surface area contributed by atoms with Crippen LogP contribution in [0.25, 0.3) is 34.1 Å². The van der Waals surface area contributed by atoms with Crippen LogP contribution in [0.3, 0.4) is 0 Å². The molecular formula is C21H16ClN3O3. The van der Waals surface area contributed by atoms with Gasteiger partial charge in [0.1, 0.15) is 5.75 Å². The van der Waals surface area contributed by atoms with E-state index < -0.39 is 0 Å². The maximum Gasteiger partial charge on any atom is 0.258 e. The number of methoxy groups -OCH3 is 2. The highest BCUT2D eigenvalue weighted by atomic mass is 35.5. The van der Waals surface area contributed by atoms with Crippen molar-refractivity contribution in [1.29, 1.82) is 0 Å². The van der Waals surface area contributed by atoms with Crippen molar-refractivity contribution in [2.45, 2.75) is 0 Å². The molecule has 4 rings (SSSR count). The van der Waals surface area contributed by atoms with E-state index in [-0.39, 0.29) is 0 Å². The Kier molecular flexibility index (Phi) is 4.95. The zero-order valence-electron chi connectivity index (χ0n) is 15.2. The lowest BCUT2D eigenvalue weighted by atomic mass is 10.1. The SMILES string of the molecule is COc1cccc(-c2ccc(-c3noc(-c4ccc(Cl)cc4)n3)c(OC)n2)c1. The first-order valence-corrected chi connectivity index (χ1v) is 8.85. The van der Waals surface area contributed by atoms with Gasteiger partial charge in [-0.15, -0.1) is 0 Å². The molecular weight excluding hydrogens is 378 g/mol. The van der Waals surface area contributed by atoms with Gasteiger partial charge in [-0.05, 0) is 48.5 Å². The molecule has 0 aliphatic rings. The standard InChI is InChI=1S/C21H16ClN3O3/c1-26-16-5-3-4-14(12-16)18-11-10-17(21(23-18)27-2)19-24-20(28-25-19)13-6-8-15(22)9-7-13/h3-12H,1-2H3. The molecule has 7 heteroatoms. The minimum Gasteiger partial charge on any atom is -0.497 e. The summed E-state index contributed by atoms with van der Waals surface area (Å²) in [5.41, 5.74) is 3.08. The number of nitrogens with zero attached hydrogens (tertiary/aromatic N) is 3. The summed E-state index contributed by atoms with van der Waals surface area (Å²) in [6, 6.07) is 18.6. The van der Waals surface area contributed by atoms with E-state index >= 15 is 0 Å². The van der Waals surface area contributed by atoms with E-state index in [9.17, 15) is 0 Å². The fourth-order valence-electron chi connectivity index (χ4n) is 2.75. The molecule has 4 aromatic rings. The highest BCUT2D eigenvalue weighted by Crippen LogP contribution is 2.32.